The molecule has 0 unspecified atom stereocenters. The van der Waals surface area contributed by atoms with Gasteiger partial charge in [-0.2, -0.15) is 10.2 Å². The third-order valence-corrected chi connectivity index (χ3v) is 4.52. The van der Waals surface area contributed by atoms with Crippen molar-refractivity contribution in [1.29, 1.82) is 0 Å². The first-order chi connectivity index (χ1) is 13.0. The third kappa shape index (κ3) is 3.31. The fraction of sp³-hybridized carbons (Fsp3) is 0.312. The second-order valence-corrected chi connectivity index (χ2v) is 6.41. The number of carbonyl (C=O) groups is 1. The molecule has 0 aromatic carbocycles. The van der Waals surface area contributed by atoms with Gasteiger partial charge in [-0.05, 0) is 7.05 Å². The highest BCUT2D eigenvalue weighted by molar-refractivity contribution is 5.92. The summed E-state index contributed by atoms with van der Waals surface area (Å²) in [4.78, 5) is 24.5. The Kier molecular flexibility index (Phi) is 4.20. The molecule has 0 bridgehead atoms. The van der Waals surface area contributed by atoms with Crippen LogP contribution >= 0.6 is 0 Å². The number of piperazine rings is 1. The largest absolute Gasteiger partial charge is 0.381 e. The van der Waals surface area contributed by atoms with Crippen molar-refractivity contribution in [3.8, 4) is 11.6 Å². The number of hydrogen-bond acceptors (Lipinski definition) is 8. The fourth-order valence-electron chi connectivity index (χ4n) is 2.89. The van der Waals surface area contributed by atoms with Gasteiger partial charge in [0, 0.05) is 32.4 Å². The van der Waals surface area contributed by atoms with E-state index >= 15 is 0 Å². The molecule has 0 saturated carbocycles. The molecule has 1 saturated heterocycles. The lowest BCUT2D eigenvalue weighted by atomic mass is 10.3. The van der Waals surface area contributed by atoms with Gasteiger partial charge in [-0.3, -0.25) is 4.79 Å². The van der Waals surface area contributed by atoms with Crippen LogP contribution in [-0.2, 0) is 0 Å². The molecule has 3 aromatic heterocycles. The van der Waals surface area contributed by atoms with Gasteiger partial charge in [-0.1, -0.05) is 0 Å². The molecule has 1 amide bonds. The molecule has 140 valence electrons. The second-order valence-electron chi connectivity index (χ2n) is 6.41. The van der Waals surface area contributed by atoms with E-state index < -0.39 is 5.91 Å². The van der Waals surface area contributed by atoms with Crippen molar-refractivity contribution in [2.24, 2.45) is 5.73 Å². The van der Waals surface area contributed by atoms with Gasteiger partial charge in [0.15, 0.2) is 17.5 Å². The normalized spacial score (nSPS) is 15.2. The molecule has 1 fully saturated rings. The van der Waals surface area contributed by atoms with Crippen molar-refractivity contribution in [2.45, 2.75) is 0 Å². The van der Waals surface area contributed by atoms with Crippen LogP contribution in [0.3, 0.4) is 0 Å². The standard InChI is InChI=1S/C16H20N10O/c1-23-2-4-24(5-3-23)12-7-21-25(10-12)13-8-19-14(17)16(22-13)26-9-11(6-20-26)15(18)27/h6-10H,2-5H2,1H3,(H2,17,19)(H2,18,27). The highest BCUT2D eigenvalue weighted by Crippen LogP contribution is 2.19. The summed E-state index contributed by atoms with van der Waals surface area (Å²) in [6.45, 7) is 3.92. The molecule has 27 heavy (non-hydrogen) atoms. The monoisotopic (exact) mass is 368 g/mol. The number of aromatic nitrogens is 6. The van der Waals surface area contributed by atoms with Crippen LogP contribution in [0.15, 0.2) is 31.0 Å². The Hall–Kier alpha value is -3.47. The first kappa shape index (κ1) is 17.0. The van der Waals surface area contributed by atoms with Crippen LogP contribution in [-0.4, -0.2) is 73.6 Å². The maximum Gasteiger partial charge on any atom is 0.251 e. The van der Waals surface area contributed by atoms with E-state index in [1.807, 2.05) is 12.4 Å². The number of hydrogen-bond donors (Lipinski definition) is 2. The van der Waals surface area contributed by atoms with Crippen molar-refractivity contribution in [3.63, 3.8) is 0 Å². The molecule has 3 aromatic rings. The molecule has 11 nitrogen and oxygen atoms in total. The summed E-state index contributed by atoms with van der Waals surface area (Å²) in [5, 5.41) is 8.47. The van der Waals surface area contributed by atoms with E-state index in [2.05, 4.69) is 37.0 Å². The lowest BCUT2D eigenvalue weighted by Gasteiger charge is -2.32. The lowest BCUT2D eigenvalue weighted by molar-refractivity contribution is 0.100. The van der Waals surface area contributed by atoms with Crippen LogP contribution in [0.25, 0.3) is 11.6 Å². The first-order valence-corrected chi connectivity index (χ1v) is 8.47. The Morgan fingerprint density at radius 3 is 2.48 bits per heavy atom. The van der Waals surface area contributed by atoms with E-state index in [1.165, 1.54) is 23.3 Å². The van der Waals surface area contributed by atoms with Crippen LogP contribution < -0.4 is 16.4 Å². The predicted molar refractivity (Wildman–Crippen MR) is 98.9 cm³/mol. The first-order valence-electron chi connectivity index (χ1n) is 8.47. The molecule has 1 aliphatic heterocycles. The molecule has 11 heteroatoms. The highest BCUT2D eigenvalue weighted by Gasteiger charge is 2.17. The maximum absolute atomic E-state index is 11.3. The average Bonchev–Trinajstić information content (AvgIpc) is 3.33. The van der Waals surface area contributed by atoms with Gasteiger partial charge in [0.1, 0.15) is 0 Å². The number of carbonyl (C=O) groups excluding carboxylic acids is 1. The Morgan fingerprint density at radius 1 is 1.04 bits per heavy atom. The summed E-state index contributed by atoms with van der Waals surface area (Å²) < 4.78 is 3.01. The molecule has 4 N–H and O–H groups in total. The summed E-state index contributed by atoms with van der Waals surface area (Å²) >= 11 is 0. The van der Waals surface area contributed by atoms with E-state index in [9.17, 15) is 4.79 Å². The minimum absolute atomic E-state index is 0.185. The fourth-order valence-corrected chi connectivity index (χ4v) is 2.89. The Bertz CT molecular complexity index is 969. The van der Waals surface area contributed by atoms with Crippen LogP contribution in [0, 0.1) is 0 Å². The van der Waals surface area contributed by atoms with E-state index in [0.29, 0.717) is 11.6 Å². The molecule has 0 atom stereocenters. The van der Waals surface area contributed by atoms with E-state index in [1.54, 1.807) is 4.68 Å². The number of rotatable bonds is 4. The molecule has 1 aliphatic rings. The molecular weight excluding hydrogens is 348 g/mol. The van der Waals surface area contributed by atoms with Gasteiger partial charge in [-0.15, -0.1) is 0 Å². The van der Waals surface area contributed by atoms with Crippen LogP contribution in [0.4, 0.5) is 11.5 Å². The number of nitrogens with two attached hydrogens (primary N) is 2. The van der Waals surface area contributed by atoms with Gasteiger partial charge in [-0.25, -0.2) is 19.3 Å². The Labute approximate surface area is 155 Å². The van der Waals surface area contributed by atoms with E-state index in [0.717, 1.165) is 31.9 Å². The minimum Gasteiger partial charge on any atom is -0.381 e. The summed E-state index contributed by atoms with van der Waals surface area (Å²) in [6.07, 6.45) is 8.08. The summed E-state index contributed by atoms with van der Waals surface area (Å²) in [5.41, 5.74) is 12.5. The van der Waals surface area contributed by atoms with Gasteiger partial charge in [0.2, 0.25) is 0 Å². The minimum atomic E-state index is -0.576. The number of anilines is 2. The lowest BCUT2D eigenvalue weighted by Crippen LogP contribution is -2.44. The van der Waals surface area contributed by atoms with Crippen molar-refractivity contribution >= 4 is 17.4 Å². The number of primary amides is 1. The molecule has 4 heterocycles. The van der Waals surface area contributed by atoms with Crippen LogP contribution in [0.5, 0.6) is 0 Å². The van der Waals surface area contributed by atoms with Gasteiger partial charge in [0.05, 0.1) is 36.0 Å². The van der Waals surface area contributed by atoms with Gasteiger partial charge in [0.25, 0.3) is 5.91 Å². The van der Waals surface area contributed by atoms with Crippen molar-refractivity contribution < 1.29 is 4.79 Å². The van der Waals surface area contributed by atoms with E-state index in [-0.39, 0.29) is 11.4 Å². The Morgan fingerprint density at radius 2 is 1.78 bits per heavy atom. The molecular formula is C16H20N10O. The average molecular weight is 368 g/mol. The zero-order valence-corrected chi connectivity index (χ0v) is 14.9. The van der Waals surface area contributed by atoms with Gasteiger partial charge < -0.3 is 21.3 Å². The zero-order chi connectivity index (χ0) is 19.0. The van der Waals surface area contributed by atoms with Crippen molar-refractivity contribution in [3.05, 3.63) is 36.5 Å². The maximum atomic E-state index is 11.3. The van der Waals surface area contributed by atoms with Crippen molar-refractivity contribution in [2.75, 3.05) is 43.9 Å². The summed E-state index contributed by atoms with van der Waals surface area (Å²) in [5.74, 6) is 0.407. The topological polar surface area (TPSA) is 137 Å². The molecule has 0 spiro atoms. The summed E-state index contributed by atoms with van der Waals surface area (Å²) in [7, 11) is 2.12. The molecule has 0 radical (unpaired) electrons. The number of likely N-dealkylation sites (N-methyl/N-ethyl adjacent to an activating group) is 1. The van der Waals surface area contributed by atoms with E-state index in [4.69, 9.17) is 11.5 Å². The molecule has 4 rings (SSSR count). The highest BCUT2D eigenvalue weighted by atomic mass is 16.1. The number of nitrogens with zero attached hydrogens (tertiary/aromatic N) is 8. The quantitative estimate of drug-likeness (QED) is 0.615. The van der Waals surface area contributed by atoms with Crippen LogP contribution in [0.2, 0.25) is 0 Å². The predicted octanol–water partition coefficient (Wildman–Crippen LogP) is -0.719. The Balaban J connectivity index is 1.62. The van der Waals surface area contributed by atoms with Crippen LogP contribution in [0.1, 0.15) is 10.4 Å². The third-order valence-electron chi connectivity index (χ3n) is 4.52. The smallest absolute Gasteiger partial charge is 0.251 e. The zero-order valence-electron chi connectivity index (χ0n) is 14.9. The SMILES string of the molecule is CN1CCN(c2cnn(-c3cnc(N)c(-n4cc(C(N)=O)cn4)n3)c2)CC1. The second kappa shape index (κ2) is 6.68. The van der Waals surface area contributed by atoms with Crippen molar-refractivity contribution in [1.82, 2.24) is 34.4 Å². The summed E-state index contributed by atoms with van der Waals surface area (Å²) in [6, 6.07) is 0. The molecule has 0 aliphatic carbocycles. The number of nitrogen functional groups attached to an aromatic ring is 1. The van der Waals surface area contributed by atoms with Gasteiger partial charge >= 0.3 is 0 Å². The number of amides is 1.